The summed E-state index contributed by atoms with van der Waals surface area (Å²) in [5.74, 6) is 0.298. The van der Waals surface area contributed by atoms with Gasteiger partial charge in [-0.15, -0.1) is 0 Å². The number of aromatic nitrogens is 2. The maximum Gasteiger partial charge on any atom is 0.357 e. The summed E-state index contributed by atoms with van der Waals surface area (Å²) in [5.41, 5.74) is 1.93. The van der Waals surface area contributed by atoms with E-state index >= 15 is 0 Å². The molecule has 2 aromatic carbocycles. The first-order valence-corrected chi connectivity index (χ1v) is 11.6. The molecule has 9 heteroatoms. The number of benzene rings is 2. The van der Waals surface area contributed by atoms with E-state index in [1.807, 2.05) is 55.6 Å². The van der Waals surface area contributed by atoms with E-state index in [0.29, 0.717) is 29.7 Å². The summed E-state index contributed by atoms with van der Waals surface area (Å²) >= 11 is 1.42. The fourth-order valence-electron chi connectivity index (χ4n) is 3.32. The molecule has 174 valence electrons. The van der Waals surface area contributed by atoms with Crippen molar-refractivity contribution in [1.82, 2.24) is 14.5 Å². The van der Waals surface area contributed by atoms with Crippen LogP contribution in [0.4, 0.5) is 0 Å². The molecule has 8 nitrogen and oxygen atoms in total. The van der Waals surface area contributed by atoms with Crippen LogP contribution >= 0.6 is 11.8 Å². The Morgan fingerprint density at radius 3 is 2.42 bits per heavy atom. The lowest BCUT2D eigenvalue weighted by atomic mass is 10.2. The van der Waals surface area contributed by atoms with Crippen LogP contribution < -0.4 is 9.47 Å². The molecule has 0 N–H and O–H groups in total. The second-order valence-corrected chi connectivity index (χ2v) is 7.75. The van der Waals surface area contributed by atoms with Gasteiger partial charge in [0.05, 0.1) is 20.4 Å². The van der Waals surface area contributed by atoms with Gasteiger partial charge in [-0.3, -0.25) is 9.36 Å². The van der Waals surface area contributed by atoms with Crippen molar-refractivity contribution >= 4 is 23.6 Å². The molecule has 0 atom stereocenters. The largest absolute Gasteiger partial charge is 0.493 e. The number of thioether (sulfide) groups is 1. The lowest BCUT2D eigenvalue weighted by Gasteiger charge is -2.21. The third kappa shape index (κ3) is 5.67. The minimum Gasteiger partial charge on any atom is -0.493 e. The van der Waals surface area contributed by atoms with Gasteiger partial charge in [0.1, 0.15) is 0 Å². The summed E-state index contributed by atoms with van der Waals surface area (Å²) in [6, 6.07) is 14.9. The lowest BCUT2D eigenvalue weighted by Crippen LogP contribution is -2.34. The Balaban J connectivity index is 1.69. The maximum atomic E-state index is 12.8. The highest BCUT2D eigenvalue weighted by Gasteiger charge is 2.21. The third-order valence-corrected chi connectivity index (χ3v) is 5.67. The molecule has 0 unspecified atom stereocenters. The maximum absolute atomic E-state index is 12.8. The van der Waals surface area contributed by atoms with Crippen LogP contribution in [0.1, 0.15) is 23.0 Å². The monoisotopic (exact) mass is 469 g/mol. The van der Waals surface area contributed by atoms with Crippen molar-refractivity contribution in [3.05, 3.63) is 66.0 Å². The van der Waals surface area contributed by atoms with Crippen LogP contribution in [0, 0.1) is 0 Å². The minimum absolute atomic E-state index is 0.265. The molecule has 0 spiro atoms. The molecule has 0 fully saturated rings. The number of hydrogen-bond donors (Lipinski definition) is 0. The van der Waals surface area contributed by atoms with Crippen LogP contribution in [-0.4, -0.2) is 60.0 Å². The molecule has 3 rings (SSSR count). The zero-order chi connectivity index (χ0) is 23.8. The fraction of sp³-hybridized carbons (Fsp3) is 0.292. The second kappa shape index (κ2) is 11.4. The number of carbonyl (C=O) groups is 2. The van der Waals surface area contributed by atoms with Gasteiger partial charge in [0.2, 0.25) is 0 Å². The zero-order valence-corrected chi connectivity index (χ0v) is 19.9. The molecule has 1 aromatic heterocycles. The van der Waals surface area contributed by atoms with E-state index in [1.54, 1.807) is 29.8 Å². The van der Waals surface area contributed by atoms with Crippen molar-refractivity contribution in [2.24, 2.45) is 0 Å². The van der Waals surface area contributed by atoms with E-state index in [-0.39, 0.29) is 18.2 Å². The highest BCUT2D eigenvalue weighted by Crippen LogP contribution is 2.28. The van der Waals surface area contributed by atoms with E-state index in [2.05, 4.69) is 4.98 Å². The van der Waals surface area contributed by atoms with Gasteiger partial charge in [-0.05, 0) is 43.0 Å². The normalized spacial score (nSPS) is 10.5. The quantitative estimate of drug-likeness (QED) is 0.330. The molecular formula is C24H27N3O5S. The van der Waals surface area contributed by atoms with Gasteiger partial charge < -0.3 is 19.1 Å². The van der Waals surface area contributed by atoms with Crippen molar-refractivity contribution in [3.63, 3.8) is 0 Å². The van der Waals surface area contributed by atoms with Crippen molar-refractivity contribution in [2.45, 2.75) is 18.6 Å². The SMILES string of the molecule is CCN(Cc1ccc(OC)c(OC)c1)C(=O)COC(=O)c1cnc(SC)n1-c1ccccc1. The van der Waals surface area contributed by atoms with Crippen LogP contribution in [-0.2, 0) is 16.1 Å². The van der Waals surface area contributed by atoms with Crippen LogP contribution in [0.2, 0.25) is 0 Å². The summed E-state index contributed by atoms with van der Waals surface area (Å²) in [6.07, 6.45) is 3.35. The summed E-state index contributed by atoms with van der Waals surface area (Å²) in [6.45, 7) is 2.32. The number of hydrogen-bond acceptors (Lipinski definition) is 7. The van der Waals surface area contributed by atoms with E-state index in [1.165, 1.54) is 18.0 Å². The Labute approximate surface area is 197 Å². The van der Waals surface area contributed by atoms with Crippen LogP contribution in [0.25, 0.3) is 5.69 Å². The van der Waals surface area contributed by atoms with Gasteiger partial charge in [-0.2, -0.15) is 0 Å². The van der Waals surface area contributed by atoms with Crippen molar-refractivity contribution in [2.75, 3.05) is 33.6 Å². The average molecular weight is 470 g/mol. The van der Waals surface area contributed by atoms with Gasteiger partial charge in [0, 0.05) is 18.8 Å². The number of methoxy groups -OCH3 is 2. The Bertz CT molecular complexity index is 1100. The summed E-state index contributed by atoms with van der Waals surface area (Å²) in [7, 11) is 3.13. The van der Waals surface area contributed by atoms with E-state index in [0.717, 1.165) is 11.3 Å². The molecule has 0 radical (unpaired) electrons. The third-order valence-electron chi connectivity index (χ3n) is 5.02. The van der Waals surface area contributed by atoms with Crippen LogP contribution in [0.15, 0.2) is 59.9 Å². The number of carbonyl (C=O) groups excluding carboxylic acids is 2. The van der Waals surface area contributed by atoms with Crippen LogP contribution in [0.3, 0.4) is 0 Å². The number of rotatable bonds is 10. The van der Waals surface area contributed by atoms with Gasteiger partial charge >= 0.3 is 5.97 Å². The number of likely N-dealkylation sites (N-methyl/N-ethyl adjacent to an activating group) is 1. The van der Waals surface area contributed by atoms with Gasteiger partial charge in [0.15, 0.2) is 29.0 Å². The zero-order valence-electron chi connectivity index (χ0n) is 19.1. The topological polar surface area (TPSA) is 82.9 Å². The van der Waals surface area contributed by atoms with Gasteiger partial charge in [-0.1, -0.05) is 36.0 Å². The summed E-state index contributed by atoms with van der Waals surface area (Å²) in [5, 5.41) is 0.656. The molecule has 0 saturated heterocycles. The van der Waals surface area contributed by atoms with Crippen molar-refractivity contribution in [1.29, 1.82) is 0 Å². The summed E-state index contributed by atoms with van der Waals surface area (Å²) < 4.78 is 17.7. The number of imidazole rings is 1. The molecule has 33 heavy (non-hydrogen) atoms. The standard InChI is InChI=1S/C24H27N3O5S/c1-5-26(15-17-11-12-20(30-2)21(13-17)31-3)22(28)16-32-23(29)19-14-25-24(33-4)27(19)18-9-7-6-8-10-18/h6-14H,5,15-16H2,1-4H3. The Morgan fingerprint density at radius 2 is 1.79 bits per heavy atom. The van der Waals surface area contributed by atoms with E-state index in [4.69, 9.17) is 14.2 Å². The number of amides is 1. The van der Waals surface area contributed by atoms with E-state index < -0.39 is 5.97 Å². The molecular weight excluding hydrogens is 442 g/mol. The van der Waals surface area contributed by atoms with E-state index in [9.17, 15) is 9.59 Å². The molecule has 0 bridgehead atoms. The molecule has 0 saturated carbocycles. The molecule has 3 aromatic rings. The molecule has 0 aliphatic carbocycles. The van der Waals surface area contributed by atoms with Crippen molar-refractivity contribution in [3.8, 4) is 17.2 Å². The molecule has 0 aliphatic rings. The Hall–Kier alpha value is -3.46. The number of ether oxygens (including phenoxy) is 3. The van der Waals surface area contributed by atoms with Gasteiger partial charge in [-0.25, -0.2) is 9.78 Å². The van der Waals surface area contributed by atoms with Crippen molar-refractivity contribution < 1.29 is 23.8 Å². The first-order valence-electron chi connectivity index (χ1n) is 10.3. The average Bonchev–Trinajstić information content (AvgIpc) is 3.30. The predicted octanol–water partition coefficient (Wildman–Crippen LogP) is 3.82. The summed E-state index contributed by atoms with van der Waals surface area (Å²) in [4.78, 5) is 31.5. The fourth-order valence-corrected chi connectivity index (χ4v) is 3.86. The van der Waals surface area contributed by atoms with Crippen LogP contribution in [0.5, 0.6) is 11.5 Å². The second-order valence-electron chi connectivity index (χ2n) is 6.97. The smallest absolute Gasteiger partial charge is 0.357 e. The van der Waals surface area contributed by atoms with Gasteiger partial charge in [0.25, 0.3) is 5.91 Å². The molecule has 1 amide bonds. The number of para-hydroxylation sites is 1. The Kier molecular flexibility index (Phi) is 8.37. The highest BCUT2D eigenvalue weighted by atomic mass is 32.2. The lowest BCUT2D eigenvalue weighted by molar-refractivity contribution is -0.135. The highest BCUT2D eigenvalue weighted by molar-refractivity contribution is 7.98. The predicted molar refractivity (Wildman–Crippen MR) is 126 cm³/mol. The number of esters is 1. The minimum atomic E-state index is -0.609. The first kappa shape index (κ1) is 24.2. The Morgan fingerprint density at radius 1 is 1.06 bits per heavy atom. The number of nitrogens with zero attached hydrogens (tertiary/aromatic N) is 3. The first-order chi connectivity index (χ1) is 16.0. The molecule has 1 heterocycles. The molecule has 0 aliphatic heterocycles.